The van der Waals surface area contributed by atoms with E-state index in [1.165, 1.54) is 6.26 Å². The molecular weight excluding hydrogens is 433 g/mol. The summed E-state index contributed by atoms with van der Waals surface area (Å²) in [5.74, 6) is 0.861. The molecule has 0 saturated heterocycles. The van der Waals surface area contributed by atoms with Crippen LogP contribution in [0.15, 0.2) is 46.1 Å². The predicted molar refractivity (Wildman–Crippen MR) is 107 cm³/mol. The van der Waals surface area contributed by atoms with Crippen molar-refractivity contribution in [2.75, 3.05) is 18.4 Å². The highest BCUT2D eigenvalue weighted by atomic mass is 127. The highest BCUT2D eigenvalue weighted by molar-refractivity contribution is 14.0. The third-order valence-corrected chi connectivity index (χ3v) is 3.86. The van der Waals surface area contributed by atoms with E-state index in [4.69, 9.17) is 4.52 Å². The third-order valence-electron chi connectivity index (χ3n) is 3.86. The molecule has 0 saturated carbocycles. The van der Waals surface area contributed by atoms with E-state index in [1.54, 1.807) is 6.07 Å². The Morgan fingerprint density at radius 3 is 2.96 bits per heavy atom. The summed E-state index contributed by atoms with van der Waals surface area (Å²) in [5, 5.41) is 13.3. The molecule has 1 atom stereocenters. The second-order valence-electron chi connectivity index (χ2n) is 5.60. The van der Waals surface area contributed by atoms with Crippen molar-refractivity contribution in [3.63, 3.8) is 0 Å². The van der Waals surface area contributed by atoms with Gasteiger partial charge in [0.25, 0.3) is 0 Å². The first-order valence-corrected chi connectivity index (χ1v) is 8.06. The Labute approximate surface area is 163 Å². The van der Waals surface area contributed by atoms with Crippen molar-refractivity contribution in [2.24, 2.45) is 4.99 Å². The number of nitrogens with one attached hydrogen (secondary N) is 3. The van der Waals surface area contributed by atoms with Crippen LogP contribution in [0.4, 0.5) is 5.69 Å². The average Bonchev–Trinajstić information content (AvgIpc) is 3.10. The Kier molecular flexibility index (Phi) is 7.23. The molecule has 1 unspecified atom stereocenters. The zero-order chi connectivity index (χ0) is 16.8. The fourth-order valence-corrected chi connectivity index (χ4v) is 2.72. The maximum Gasteiger partial charge on any atom is 0.225 e. The summed E-state index contributed by atoms with van der Waals surface area (Å²) in [6.45, 7) is 3.84. The number of hydrogen-bond acceptors (Lipinski definition) is 4. The molecule has 3 rings (SSSR count). The molecule has 1 aliphatic heterocycles. The first-order valence-electron chi connectivity index (χ1n) is 8.06. The molecule has 2 heterocycles. The van der Waals surface area contributed by atoms with Crippen molar-refractivity contribution in [1.82, 2.24) is 15.8 Å². The number of fused-ring (bicyclic) bond motifs is 1. The van der Waals surface area contributed by atoms with Crippen LogP contribution in [0.3, 0.4) is 0 Å². The first-order chi connectivity index (χ1) is 11.8. The zero-order valence-corrected chi connectivity index (χ0v) is 16.3. The molecule has 8 heteroatoms. The summed E-state index contributed by atoms with van der Waals surface area (Å²) >= 11 is 0. The third kappa shape index (κ3) is 5.18. The maximum absolute atomic E-state index is 11.9. The van der Waals surface area contributed by atoms with Gasteiger partial charge in [0.05, 0.1) is 6.54 Å². The minimum absolute atomic E-state index is 0. The van der Waals surface area contributed by atoms with Gasteiger partial charge in [-0.3, -0.25) is 4.79 Å². The zero-order valence-electron chi connectivity index (χ0n) is 14.0. The van der Waals surface area contributed by atoms with E-state index >= 15 is 0 Å². The van der Waals surface area contributed by atoms with Crippen LogP contribution in [-0.4, -0.2) is 30.1 Å². The van der Waals surface area contributed by atoms with Crippen molar-refractivity contribution in [2.45, 2.75) is 25.8 Å². The summed E-state index contributed by atoms with van der Waals surface area (Å²) in [6.07, 6.45) is 2.00. The number of halogens is 1. The number of guanidine groups is 1. The number of carbonyl (C=O) groups excluding carboxylic acids is 1. The Morgan fingerprint density at radius 2 is 2.20 bits per heavy atom. The van der Waals surface area contributed by atoms with E-state index in [2.05, 4.69) is 32.2 Å². The number of para-hydroxylation sites is 1. The molecule has 2 aromatic rings. The van der Waals surface area contributed by atoms with E-state index in [0.29, 0.717) is 25.5 Å². The number of carbonyl (C=O) groups is 1. The largest absolute Gasteiger partial charge is 0.364 e. The van der Waals surface area contributed by atoms with Crippen molar-refractivity contribution in [3.05, 3.63) is 47.9 Å². The van der Waals surface area contributed by atoms with Gasteiger partial charge in [-0.05, 0) is 18.6 Å². The first kappa shape index (κ1) is 19.2. The molecule has 0 radical (unpaired) electrons. The van der Waals surface area contributed by atoms with Gasteiger partial charge in [0.15, 0.2) is 5.96 Å². The standard InChI is InChI=1S/C17H21N5O2.HI/c1-2-18-17(20-11-13-7-8-24-22-13)19-10-12-9-16(23)21-15-6-4-3-5-14(12)15;/h3-8,12H,2,9-11H2,1H3,(H,21,23)(H2,18,19,20);1H. The van der Waals surface area contributed by atoms with Crippen LogP contribution in [0.5, 0.6) is 0 Å². The van der Waals surface area contributed by atoms with Gasteiger partial charge >= 0.3 is 0 Å². The molecule has 1 amide bonds. The van der Waals surface area contributed by atoms with Gasteiger partial charge in [0.1, 0.15) is 12.0 Å². The van der Waals surface area contributed by atoms with Crippen molar-refractivity contribution < 1.29 is 9.32 Å². The van der Waals surface area contributed by atoms with E-state index < -0.39 is 0 Å². The van der Waals surface area contributed by atoms with Crippen LogP contribution in [0.25, 0.3) is 0 Å². The molecule has 134 valence electrons. The number of hydrogen-bond donors (Lipinski definition) is 3. The number of anilines is 1. The molecule has 0 bridgehead atoms. The molecule has 25 heavy (non-hydrogen) atoms. The normalized spacial score (nSPS) is 16.4. The summed E-state index contributed by atoms with van der Waals surface area (Å²) in [7, 11) is 0. The molecule has 1 aromatic carbocycles. The number of aliphatic imine (C=N–C) groups is 1. The minimum Gasteiger partial charge on any atom is -0.364 e. The highest BCUT2D eigenvalue weighted by Crippen LogP contribution is 2.31. The lowest BCUT2D eigenvalue weighted by atomic mass is 9.90. The lowest BCUT2D eigenvalue weighted by Crippen LogP contribution is -2.40. The summed E-state index contributed by atoms with van der Waals surface area (Å²) in [5.41, 5.74) is 2.82. The van der Waals surface area contributed by atoms with E-state index in [0.717, 1.165) is 23.5 Å². The summed E-state index contributed by atoms with van der Waals surface area (Å²) in [6, 6.07) is 9.70. The van der Waals surface area contributed by atoms with Crippen LogP contribution in [0.1, 0.15) is 30.5 Å². The molecule has 7 nitrogen and oxygen atoms in total. The fraction of sp³-hybridized carbons (Fsp3) is 0.353. The summed E-state index contributed by atoms with van der Waals surface area (Å²) in [4.78, 5) is 16.4. The number of nitrogens with zero attached hydrogens (tertiary/aromatic N) is 2. The maximum atomic E-state index is 11.9. The monoisotopic (exact) mass is 455 g/mol. The predicted octanol–water partition coefficient (Wildman–Crippen LogP) is 2.47. The van der Waals surface area contributed by atoms with Crippen LogP contribution in [0.2, 0.25) is 0 Å². The highest BCUT2D eigenvalue weighted by Gasteiger charge is 2.24. The smallest absolute Gasteiger partial charge is 0.225 e. The van der Waals surface area contributed by atoms with Crippen LogP contribution in [0, 0.1) is 0 Å². The Bertz CT molecular complexity index is 718. The van der Waals surface area contributed by atoms with Gasteiger partial charge in [0, 0.05) is 37.2 Å². The molecule has 1 aromatic heterocycles. The Hall–Kier alpha value is -2.10. The quantitative estimate of drug-likeness (QED) is 0.366. The second-order valence-corrected chi connectivity index (χ2v) is 5.60. The fourth-order valence-electron chi connectivity index (χ4n) is 2.72. The van der Waals surface area contributed by atoms with Crippen LogP contribution < -0.4 is 16.0 Å². The van der Waals surface area contributed by atoms with Crippen molar-refractivity contribution in [1.29, 1.82) is 0 Å². The molecule has 1 aliphatic rings. The van der Waals surface area contributed by atoms with Crippen molar-refractivity contribution in [3.8, 4) is 0 Å². The summed E-state index contributed by atoms with van der Waals surface area (Å²) < 4.78 is 4.81. The average molecular weight is 455 g/mol. The van der Waals surface area contributed by atoms with Crippen LogP contribution >= 0.6 is 24.0 Å². The van der Waals surface area contributed by atoms with E-state index in [-0.39, 0.29) is 35.8 Å². The Morgan fingerprint density at radius 1 is 1.36 bits per heavy atom. The number of aromatic nitrogens is 1. The molecule has 0 spiro atoms. The molecule has 0 aliphatic carbocycles. The van der Waals surface area contributed by atoms with Gasteiger partial charge in [-0.2, -0.15) is 0 Å². The Balaban J connectivity index is 0.00000225. The SMILES string of the molecule is CCNC(=NCc1ccon1)NCC1CC(=O)Nc2ccccc21.I. The second kappa shape index (κ2) is 9.40. The minimum atomic E-state index is 0. The molecule has 3 N–H and O–H groups in total. The van der Waals surface area contributed by atoms with Crippen molar-refractivity contribution >= 4 is 41.5 Å². The van der Waals surface area contributed by atoms with Gasteiger partial charge in [0.2, 0.25) is 5.91 Å². The van der Waals surface area contributed by atoms with Gasteiger partial charge in [-0.15, -0.1) is 24.0 Å². The lowest BCUT2D eigenvalue weighted by molar-refractivity contribution is -0.116. The van der Waals surface area contributed by atoms with Gasteiger partial charge in [-0.25, -0.2) is 4.99 Å². The topological polar surface area (TPSA) is 91.6 Å². The van der Waals surface area contributed by atoms with Gasteiger partial charge in [-0.1, -0.05) is 23.4 Å². The lowest BCUT2D eigenvalue weighted by Gasteiger charge is -2.26. The number of rotatable bonds is 5. The van der Waals surface area contributed by atoms with Gasteiger partial charge < -0.3 is 20.5 Å². The molecular formula is C17H22IN5O2. The van der Waals surface area contributed by atoms with Crippen LogP contribution in [-0.2, 0) is 11.3 Å². The van der Waals surface area contributed by atoms with E-state index in [1.807, 2.05) is 25.1 Å². The number of amides is 1. The molecule has 0 fully saturated rings. The van der Waals surface area contributed by atoms with E-state index in [9.17, 15) is 4.79 Å². The number of benzene rings is 1.